The minimum absolute atomic E-state index is 0.219. The molecule has 1 rings (SSSR count). The van der Waals surface area contributed by atoms with E-state index in [-0.39, 0.29) is 6.61 Å². The maximum absolute atomic E-state index is 8.59. The van der Waals surface area contributed by atoms with Crippen LogP contribution in [0.2, 0.25) is 0 Å². The van der Waals surface area contributed by atoms with Crippen LogP contribution in [0, 0.1) is 0 Å². The molecule has 1 aromatic rings. The lowest BCUT2D eigenvalue weighted by Gasteiger charge is -2.07. The average Bonchev–Trinajstić information content (AvgIpc) is 2.42. The summed E-state index contributed by atoms with van der Waals surface area (Å²) < 4.78 is 5.67. The summed E-state index contributed by atoms with van der Waals surface area (Å²) in [6, 6.07) is 8.32. The number of hydrogen-bond acceptors (Lipinski definition) is 3. The first-order valence-corrected chi connectivity index (χ1v) is 6.90. The van der Waals surface area contributed by atoms with Crippen LogP contribution in [-0.2, 0) is 6.42 Å². The van der Waals surface area contributed by atoms with E-state index in [1.54, 1.807) is 0 Å². The monoisotopic (exact) mass is 251 g/mol. The van der Waals surface area contributed by atoms with Gasteiger partial charge in [0.25, 0.3) is 0 Å². The van der Waals surface area contributed by atoms with Crippen molar-refractivity contribution in [1.29, 1.82) is 0 Å². The lowest BCUT2D eigenvalue weighted by atomic mass is 10.2. The average molecular weight is 251 g/mol. The first kappa shape index (κ1) is 15.0. The molecule has 0 saturated heterocycles. The third-order valence-electron chi connectivity index (χ3n) is 2.89. The first-order valence-electron chi connectivity index (χ1n) is 6.90. The zero-order valence-corrected chi connectivity index (χ0v) is 11.3. The Hall–Kier alpha value is -1.06. The lowest BCUT2D eigenvalue weighted by molar-refractivity contribution is 0.289. The van der Waals surface area contributed by atoms with Crippen molar-refractivity contribution in [3.05, 3.63) is 29.8 Å². The standard InChI is InChI=1S/C15H25NO2/c1-2-14-6-8-15(9-7-14)18-13-5-3-4-10-16-11-12-17/h6-9,16-17H,2-5,10-13H2,1H3. The van der Waals surface area contributed by atoms with Gasteiger partial charge in [0.05, 0.1) is 13.2 Å². The van der Waals surface area contributed by atoms with Gasteiger partial charge in [0.2, 0.25) is 0 Å². The van der Waals surface area contributed by atoms with Crippen LogP contribution in [0.1, 0.15) is 31.7 Å². The molecule has 3 nitrogen and oxygen atoms in total. The normalized spacial score (nSPS) is 10.6. The highest BCUT2D eigenvalue weighted by Gasteiger charge is 1.95. The maximum Gasteiger partial charge on any atom is 0.119 e. The van der Waals surface area contributed by atoms with Crippen LogP contribution in [0.15, 0.2) is 24.3 Å². The van der Waals surface area contributed by atoms with Crippen molar-refractivity contribution in [3.63, 3.8) is 0 Å². The molecule has 0 unspecified atom stereocenters. The summed E-state index contributed by atoms with van der Waals surface area (Å²) in [5.41, 5.74) is 1.34. The summed E-state index contributed by atoms with van der Waals surface area (Å²) in [5, 5.41) is 11.8. The molecule has 0 aliphatic heterocycles. The van der Waals surface area contributed by atoms with E-state index in [1.807, 2.05) is 12.1 Å². The molecule has 0 spiro atoms. The highest BCUT2D eigenvalue weighted by atomic mass is 16.5. The van der Waals surface area contributed by atoms with Crippen LogP contribution in [0.25, 0.3) is 0 Å². The Morgan fingerprint density at radius 3 is 2.50 bits per heavy atom. The fourth-order valence-electron chi connectivity index (χ4n) is 1.74. The fraction of sp³-hybridized carbons (Fsp3) is 0.600. The second-order valence-electron chi connectivity index (χ2n) is 4.38. The number of rotatable bonds is 10. The quantitative estimate of drug-likeness (QED) is 0.627. The molecule has 1 aromatic carbocycles. The largest absolute Gasteiger partial charge is 0.494 e. The maximum atomic E-state index is 8.59. The van der Waals surface area contributed by atoms with E-state index < -0.39 is 0 Å². The molecule has 0 heterocycles. The van der Waals surface area contributed by atoms with Crippen LogP contribution in [0.4, 0.5) is 0 Å². The highest BCUT2D eigenvalue weighted by Crippen LogP contribution is 2.13. The molecule has 0 aliphatic rings. The lowest BCUT2D eigenvalue weighted by Crippen LogP contribution is -2.19. The number of hydrogen-bond donors (Lipinski definition) is 2. The summed E-state index contributed by atoms with van der Waals surface area (Å²) in [6.07, 6.45) is 4.45. The third-order valence-corrected chi connectivity index (χ3v) is 2.89. The minimum atomic E-state index is 0.219. The van der Waals surface area contributed by atoms with Crippen LogP contribution in [0.5, 0.6) is 5.75 Å². The zero-order chi connectivity index (χ0) is 13.1. The molecule has 0 bridgehead atoms. The Labute approximate surface area is 110 Å². The molecule has 0 amide bonds. The van der Waals surface area contributed by atoms with E-state index >= 15 is 0 Å². The zero-order valence-electron chi connectivity index (χ0n) is 11.3. The Kier molecular flexibility index (Phi) is 8.26. The molecule has 0 atom stereocenters. The Morgan fingerprint density at radius 1 is 1.06 bits per heavy atom. The van der Waals surface area contributed by atoms with Crippen molar-refractivity contribution in [3.8, 4) is 5.75 Å². The van der Waals surface area contributed by atoms with E-state index in [0.717, 1.165) is 44.6 Å². The summed E-state index contributed by atoms with van der Waals surface area (Å²) in [6.45, 7) is 4.83. The highest BCUT2D eigenvalue weighted by molar-refractivity contribution is 5.27. The van der Waals surface area contributed by atoms with E-state index in [9.17, 15) is 0 Å². The van der Waals surface area contributed by atoms with Crippen molar-refractivity contribution in [2.75, 3.05) is 26.3 Å². The van der Waals surface area contributed by atoms with Crippen LogP contribution in [0.3, 0.4) is 0 Å². The van der Waals surface area contributed by atoms with Crippen molar-refractivity contribution < 1.29 is 9.84 Å². The molecule has 102 valence electrons. The van der Waals surface area contributed by atoms with Gasteiger partial charge in [-0.3, -0.25) is 0 Å². The smallest absolute Gasteiger partial charge is 0.119 e. The number of aliphatic hydroxyl groups is 1. The number of unbranched alkanes of at least 4 members (excludes halogenated alkanes) is 2. The molecular weight excluding hydrogens is 226 g/mol. The summed E-state index contributed by atoms with van der Waals surface area (Å²) >= 11 is 0. The van der Waals surface area contributed by atoms with Crippen molar-refractivity contribution in [1.82, 2.24) is 5.32 Å². The molecular formula is C15H25NO2. The Bertz CT molecular complexity index is 298. The molecule has 0 saturated carbocycles. The predicted octanol–water partition coefficient (Wildman–Crippen LogP) is 2.38. The van der Waals surface area contributed by atoms with Crippen LogP contribution >= 0.6 is 0 Å². The molecule has 18 heavy (non-hydrogen) atoms. The second kappa shape index (κ2) is 9.92. The van der Waals surface area contributed by atoms with Gasteiger partial charge in [0.1, 0.15) is 5.75 Å². The molecule has 0 aromatic heterocycles. The minimum Gasteiger partial charge on any atom is -0.494 e. The summed E-state index contributed by atoms with van der Waals surface area (Å²) in [4.78, 5) is 0. The molecule has 2 N–H and O–H groups in total. The first-order chi connectivity index (χ1) is 8.86. The van der Waals surface area contributed by atoms with Crippen molar-refractivity contribution >= 4 is 0 Å². The number of aryl methyl sites for hydroxylation is 1. The van der Waals surface area contributed by atoms with Crippen molar-refractivity contribution in [2.24, 2.45) is 0 Å². The SMILES string of the molecule is CCc1ccc(OCCCCCNCCO)cc1. The topological polar surface area (TPSA) is 41.5 Å². The number of aliphatic hydroxyl groups excluding tert-OH is 1. The van der Waals surface area contributed by atoms with Crippen molar-refractivity contribution in [2.45, 2.75) is 32.6 Å². The van der Waals surface area contributed by atoms with E-state index in [0.29, 0.717) is 6.54 Å². The van der Waals surface area contributed by atoms with E-state index in [1.165, 1.54) is 5.56 Å². The van der Waals surface area contributed by atoms with Gasteiger partial charge in [-0.25, -0.2) is 0 Å². The van der Waals surface area contributed by atoms with Gasteiger partial charge in [-0.1, -0.05) is 19.1 Å². The third kappa shape index (κ3) is 6.62. The Balaban J connectivity index is 2.00. The predicted molar refractivity (Wildman–Crippen MR) is 75.1 cm³/mol. The van der Waals surface area contributed by atoms with Gasteiger partial charge in [-0.15, -0.1) is 0 Å². The van der Waals surface area contributed by atoms with Gasteiger partial charge >= 0.3 is 0 Å². The molecule has 0 aliphatic carbocycles. The fourth-order valence-corrected chi connectivity index (χ4v) is 1.74. The van der Waals surface area contributed by atoms with E-state index in [2.05, 4.69) is 24.4 Å². The molecule has 0 radical (unpaired) electrons. The van der Waals surface area contributed by atoms with Gasteiger partial charge < -0.3 is 15.2 Å². The number of ether oxygens (including phenoxy) is 1. The molecule has 3 heteroatoms. The van der Waals surface area contributed by atoms with Crippen LogP contribution < -0.4 is 10.1 Å². The second-order valence-corrected chi connectivity index (χ2v) is 4.38. The molecule has 0 fully saturated rings. The summed E-state index contributed by atoms with van der Waals surface area (Å²) in [5.74, 6) is 0.964. The van der Waals surface area contributed by atoms with Gasteiger partial charge in [-0.05, 0) is 49.9 Å². The van der Waals surface area contributed by atoms with Gasteiger partial charge in [0, 0.05) is 6.54 Å². The summed E-state index contributed by atoms with van der Waals surface area (Å²) in [7, 11) is 0. The number of nitrogens with one attached hydrogen (secondary N) is 1. The van der Waals surface area contributed by atoms with Gasteiger partial charge in [0.15, 0.2) is 0 Å². The van der Waals surface area contributed by atoms with Crippen LogP contribution in [-0.4, -0.2) is 31.4 Å². The van der Waals surface area contributed by atoms with Gasteiger partial charge in [-0.2, -0.15) is 0 Å². The van der Waals surface area contributed by atoms with E-state index in [4.69, 9.17) is 9.84 Å². The Morgan fingerprint density at radius 2 is 1.83 bits per heavy atom. The number of benzene rings is 1.